The van der Waals surface area contributed by atoms with Crippen LogP contribution in [-0.2, 0) is 14.8 Å². The molecule has 2 rings (SSSR count). The summed E-state index contributed by atoms with van der Waals surface area (Å²) in [5.41, 5.74) is 0.254. The number of anilines is 1. The van der Waals surface area contributed by atoms with Crippen LogP contribution in [-0.4, -0.2) is 44.6 Å². The van der Waals surface area contributed by atoms with Crippen LogP contribution < -0.4 is 14.8 Å². The first-order valence-corrected chi connectivity index (χ1v) is 11.0. The molecule has 0 aliphatic carbocycles. The third-order valence-electron chi connectivity index (χ3n) is 3.93. The molecule has 1 amide bonds. The van der Waals surface area contributed by atoms with E-state index >= 15 is 0 Å². The minimum absolute atomic E-state index is 0.0115. The number of thioether (sulfide) groups is 1. The first-order chi connectivity index (χ1) is 13.3. The summed E-state index contributed by atoms with van der Waals surface area (Å²) in [5, 5.41) is 14.7. The fourth-order valence-corrected chi connectivity index (χ4v) is 4.71. The molecule has 10 heteroatoms. The van der Waals surface area contributed by atoms with Crippen molar-refractivity contribution in [1.82, 2.24) is 4.31 Å². The molecule has 0 unspecified atom stereocenters. The van der Waals surface area contributed by atoms with Crippen molar-refractivity contribution >= 4 is 33.4 Å². The van der Waals surface area contributed by atoms with Crippen LogP contribution in [0.15, 0.2) is 52.5 Å². The van der Waals surface area contributed by atoms with Crippen molar-refractivity contribution in [3.05, 3.63) is 47.8 Å². The van der Waals surface area contributed by atoms with Crippen LogP contribution in [0.4, 0.5) is 5.69 Å². The Kier molecular flexibility index (Phi) is 7.67. The first kappa shape index (κ1) is 22.0. The molecule has 1 aromatic carbocycles. The van der Waals surface area contributed by atoms with E-state index in [0.29, 0.717) is 28.6 Å². The summed E-state index contributed by atoms with van der Waals surface area (Å²) in [6.07, 6.45) is 1.35. The molecule has 152 valence electrons. The molecule has 1 N–H and O–H groups in total. The van der Waals surface area contributed by atoms with Gasteiger partial charge in [0.2, 0.25) is 15.9 Å². The minimum atomic E-state index is -3.67. The van der Waals surface area contributed by atoms with E-state index < -0.39 is 10.0 Å². The van der Waals surface area contributed by atoms with Crippen LogP contribution in [0.5, 0.6) is 5.75 Å². The molecule has 8 nitrogen and oxygen atoms in total. The van der Waals surface area contributed by atoms with Gasteiger partial charge in [0, 0.05) is 25.2 Å². The van der Waals surface area contributed by atoms with Crippen molar-refractivity contribution in [2.24, 2.45) is 0 Å². The standard InChI is InChI=1S/C18H23N3O5S2/c1-4-20(5-2)28(24,25)14-9-10-16(26-3)15(12-14)19-17(22)13-27-18-8-6-7-11-21(18)23/h6-12H,4-5,13H2,1-3H3,(H,19,22). The van der Waals surface area contributed by atoms with Gasteiger partial charge >= 0.3 is 0 Å². The molecular weight excluding hydrogens is 402 g/mol. The second kappa shape index (κ2) is 9.76. The van der Waals surface area contributed by atoms with Gasteiger partial charge in [-0.2, -0.15) is 9.04 Å². The summed E-state index contributed by atoms with van der Waals surface area (Å²) in [6.45, 7) is 4.21. The van der Waals surface area contributed by atoms with Gasteiger partial charge < -0.3 is 15.3 Å². The molecule has 1 aromatic heterocycles. The number of nitrogens with zero attached hydrogens (tertiary/aromatic N) is 2. The van der Waals surface area contributed by atoms with Crippen molar-refractivity contribution < 1.29 is 22.7 Å². The summed E-state index contributed by atoms with van der Waals surface area (Å²) in [4.78, 5) is 12.4. The molecule has 0 aliphatic rings. The van der Waals surface area contributed by atoms with Gasteiger partial charge in [0.1, 0.15) is 5.75 Å². The molecule has 0 bridgehead atoms. The highest BCUT2D eigenvalue weighted by atomic mass is 32.2. The van der Waals surface area contributed by atoms with Crippen molar-refractivity contribution in [2.75, 3.05) is 31.3 Å². The molecule has 0 spiro atoms. The number of hydrogen-bond donors (Lipinski definition) is 1. The smallest absolute Gasteiger partial charge is 0.251 e. The first-order valence-electron chi connectivity index (χ1n) is 8.62. The molecular formula is C18H23N3O5S2. The summed E-state index contributed by atoms with van der Waals surface area (Å²) >= 11 is 1.08. The number of methoxy groups -OCH3 is 1. The molecule has 0 fully saturated rings. The van der Waals surface area contributed by atoms with E-state index in [1.807, 2.05) is 0 Å². The van der Waals surface area contributed by atoms with Gasteiger partial charge in [-0.1, -0.05) is 13.8 Å². The van der Waals surface area contributed by atoms with Gasteiger partial charge in [0.25, 0.3) is 5.03 Å². The quantitative estimate of drug-likeness (QED) is 0.375. The Labute approximate surface area is 169 Å². The van der Waals surface area contributed by atoms with Gasteiger partial charge in [-0.25, -0.2) is 8.42 Å². The molecule has 0 radical (unpaired) electrons. The van der Waals surface area contributed by atoms with Crippen molar-refractivity contribution in [3.8, 4) is 5.75 Å². The molecule has 1 heterocycles. The van der Waals surface area contributed by atoms with E-state index in [0.717, 1.165) is 11.8 Å². The maximum atomic E-state index is 12.7. The number of hydrogen-bond acceptors (Lipinski definition) is 6. The third kappa shape index (κ3) is 5.15. The number of aromatic nitrogens is 1. The lowest BCUT2D eigenvalue weighted by molar-refractivity contribution is -0.645. The summed E-state index contributed by atoms with van der Waals surface area (Å²) < 4.78 is 32.7. The number of nitrogens with one attached hydrogen (secondary N) is 1. The average molecular weight is 426 g/mol. The second-order valence-corrected chi connectivity index (χ2v) is 8.59. The zero-order valence-corrected chi connectivity index (χ0v) is 17.5. The Morgan fingerprint density at radius 3 is 2.57 bits per heavy atom. The Hall–Kier alpha value is -2.30. The summed E-state index contributed by atoms with van der Waals surface area (Å²) in [5.74, 6) is -0.0532. The van der Waals surface area contributed by atoms with Crippen molar-refractivity contribution in [3.63, 3.8) is 0 Å². The highest BCUT2D eigenvalue weighted by Gasteiger charge is 2.23. The number of benzene rings is 1. The number of amides is 1. The molecule has 2 aromatic rings. The van der Waals surface area contributed by atoms with Gasteiger partial charge in [0.15, 0.2) is 6.20 Å². The Morgan fingerprint density at radius 1 is 1.25 bits per heavy atom. The molecule has 0 atom stereocenters. The van der Waals surface area contributed by atoms with E-state index in [1.165, 1.54) is 35.8 Å². The van der Waals surface area contributed by atoms with Crippen LogP contribution in [0.2, 0.25) is 0 Å². The maximum absolute atomic E-state index is 12.7. The fourth-order valence-electron chi connectivity index (χ4n) is 2.51. The van der Waals surface area contributed by atoms with Crippen LogP contribution in [0.25, 0.3) is 0 Å². The Morgan fingerprint density at radius 2 is 1.96 bits per heavy atom. The zero-order valence-electron chi connectivity index (χ0n) is 15.9. The van der Waals surface area contributed by atoms with E-state index in [2.05, 4.69) is 5.32 Å². The number of ether oxygens (including phenoxy) is 1. The minimum Gasteiger partial charge on any atom is -0.618 e. The molecule has 0 saturated heterocycles. The summed E-state index contributed by atoms with van der Waals surface area (Å²) in [7, 11) is -2.24. The van der Waals surface area contributed by atoms with Crippen LogP contribution in [0, 0.1) is 5.21 Å². The van der Waals surface area contributed by atoms with Crippen molar-refractivity contribution in [2.45, 2.75) is 23.8 Å². The number of sulfonamides is 1. The van der Waals surface area contributed by atoms with Crippen LogP contribution >= 0.6 is 11.8 Å². The number of carbonyl (C=O) groups is 1. The topological polar surface area (TPSA) is 103 Å². The lowest BCUT2D eigenvalue weighted by Crippen LogP contribution is -2.30. The highest BCUT2D eigenvalue weighted by molar-refractivity contribution is 7.99. The van der Waals surface area contributed by atoms with Gasteiger partial charge in [0.05, 0.1) is 23.4 Å². The predicted molar refractivity (Wildman–Crippen MR) is 108 cm³/mol. The molecule has 0 saturated carbocycles. The van der Waals surface area contributed by atoms with E-state index in [1.54, 1.807) is 32.0 Å². The van der Waals surface area contributed by atoms with Gasteiger partial charge in [-0.05, 0) is 36.0 Å². The monoisotopic (exact) mass is 425 g/mol. The Bertz CT molecular complexity index is 931. The molecule has 28 heavy (non-hydrogen) atoms. The third-order valence-corrected chi connectivity index (χ3v) is 6.99. The van der Waals surface area contributed by atoms with Gasteiger partial charge in [-0.3, -0.25) is 4.79 Å². The van der Waals surface area contributed by atoms with Crippen molar-refractivity contribution in [1.29, 1.82) is 0 Å². The van der Waals surface area contributed by atoms with E-state index in [9.17, 15) is 18.4 Å². The average Bonchev–Trinajstić information content (AvgIpc) is 2.68. The van der Waals surface area contributed by atoms with Crippen LogP contribution in [0.3, 0.4) is 0 Å². The normalized spacial score (nSPS) is 11.4. The van der Waals surface area contributed by atoms with E-state index in [4.69, 9.17) is 4.74 Å². The van der Waals surface area contributed by atoms with Crippen LogP contribution in [0.1, 0.15) is 13.8 Å². The summed E-state index contributed by atoms with van der Waals surface area (Å²) in [6, 6.07) is 9.25. The lowest BCUT2D eigenvalue weighted by Gasteiger charge is -2.19. The second-order valence-electron chi connectivity index (χ2n) is 5.65. The maximum Gasteiger partial charge on any atom is 0.251 e. The van der Waals surface area contributed by atoms with E-state index in [-0.39, 0.29) is 22.2 Å². The number of rotatable bonds is 9. The number of pyridine rings is 1. The highest BCUT2D eigenvalue weighted by Crippen LogP contribution is 2.29. The fraction of sp³-hybridized carbons (Fsp3) is 0.333. The predicted octanol–water partition coefficient (Wildman–Crippen LogP) is 2.09. The number of carbonyl (C=O) groups excluding carboxylic acids is 1. The lowest BCUT2D eigenvalue weighted by atomic mass is 10.3. The largest absolute Gasteiger partial charge is 0.618 e. The zero-order chi connectivity index (χ0) is 20.7. The SMILES string of the molecule is CCN(CC)S(=O)(=O)c1ccc(OC)c(NC(=O)CSc2cccc[n+]2[O-])c1. The molecule has 0 aliphatic heterocycles. The Balaban J connectivity index is 2.20. The van der Waals surface area contributed by atoms with Gasteiger partial charge in [-0.15, -0.1) is 0 Å².